The van der Waals surface area contributed by atoms with Crippen LogP contribution in [0.15, 0.2) is 41.3 Å². The van der Waals surface area contributed by atoms with Gasteiger partial charge in [0.15, 0.2) is 5.13 Å². The number of amides is 1. The van der Waals surface area contributed by atoms with E-state index < -0.39 is 21.9 Å². The van der Waals surface area contributed by atoms with Gasteiger partial charge in [0.05, 0.1) is 10.8 Å². The van der Waals surface area contributed by atoms with Crippen molar-refractivity contribution in [2.75, 3.05) is 38.5 Å². The number of anilines is 1. The minimum absolute atomic E-state index is 0.0789. The molecular formula is C26H31N5O5S2. The summed E-state index contributed by atoms with van der Waals surface area (Å²) in [5, 5.41) is 12.5. The Morgan fingerprint density at radius 2 is 1.74 bits per heavy atom. The number of carbonyl (C=O) groups is 2. The van der Waals surface area contributed by atoms with Gasteiger partial charge >= 0.3 is 5.97 Å². The number of carbonyl (C=O) groups excluding carboxylic acids is 1. The second kappa shape index (κ2) is 11.0. The first-order chi connectivity index (χ1) is 18.2. The van der Waals surface area contributed by atoms with Crippen molar-refractivity contribution in [1.82, 2.24) is 19.2 Å². The summed E-state index contributed by atoms with van der Waals surface area (Å²) < 4.78 is 27.8. The summed E-state index contributed by atoms with van der Waals surface area (Å²) in [4.78, 5) is 36.0. The zero-order valence-corrected chi connectivity index (χ0v) is 22.8. The van der Waals surface area contributed by atoms with Gasteiger partial charge in [-0.2, -0.15) is 4.31 Å². The fourth-order valence-corrected chi connectivity index (χ4v) is 7.47. The van der Waals surface area contributed by atoms with E-state index in [1.165, 1.54) is 10.4 Å². The van der Waals surface area contributed by atoms with Gasteiger partial charge in [0.2, 0.25) is 15.9 Å². The van der Waals surface area contributed by atoms with Gasteiger partial charge in [-0.1, -0.05) is 49.2 Å². The SMILES string of the molecule is CN1CCN(S(=O)(=O)c2ccc(C(CC3CCCC3)C(=O)Nc3nc4ccc(C(=O)O)nc4s3)cc2)CC1. The van der Waals surface area contributed by atoms with Crippen molar-refractivity contribution in [2.24, 2.45) is 5.92 Å². The highest BCUT2D eigenvalue weighted by atomic mass is 32.2. The van der Waals surface area contributed by atoms with Crippen LogP contribution in [0.4, 0.5) is 5.13 Å². The molecule has 2 aromatic heterocycles. The van der Waals surface area contributed by atoms with Crippen LogP contribution in [0, 0.1) is 5.92 Å². The molecule has 12 heteroatoms. The number of nitrogens with zero attached hydrogens (tertiary/aromatic N) is 4. The molecule has 1 aliphatic carbocycles. The molecule has 1 saturated heterocycles. The normalized spacial score (nSPS) is 18.6. The number of likely N-dealkylation sites (N-methyl/N-ethyl adjacent to an activating group) is 1. The molecule has 202 valence electrons. The number of piperazine rings is 1. The maximum atomic E-state index is 13.5. The van der Waals surface area contributed by atoms with Crippen molar-refractivity contribution in [3.63, 3.8) is 0 Å². The number of carboxylic acid groups (broad SMARTS) is 1. The van der Waals surface area contributed by atoms with Gasteiger partial charge in [-0.15, -0.1) is 0 Å². The molecule has 10 nitrogen and oxygen atoms in total. The van der Waals surface area contributed by atoms with E-state index in [-0.39, 0.29) is 16.5 Å². The highest BCUT2D eigenvalue weighted by Gasteiger charge is 2.30. The summed E-state index contributed by atoms with van der Waals surface area (Å²) >= 11 is 1.13. The van der Waals surface area contributed by atoms with Crippen LogP contribution in [0.3, 0.4) is 0 Å². The summed E-state index contributed by atoms with van der Waals surface area (Å²) in [6, 6.07) is 9.67. The average Bonchev–Trinajstić information content (AvgIpc) is 3.56. The highest BCUT2D eigenvalue weighted by molar-refractivity contribution is 7.89. The number of hydrogen-bond acceptors (Lipinski definition) is 8. The number of hydrogen-bond donors (Lipinski definition) is 2. The van der Waals surface area contributed by atoms with E-state index in [1.54, 1.807) is 30.3 Å². The standard InChI is InChI=1S/C26H31N5O5S2/c1-30-12-14-31(15-13-30)38(35,36)19-8-6-18(7-9-19)20(16-17-4-2-3-5-17)23(32)29-26-28-21-10-11-22(25(33)34)27-24(21)37-26/h6-11,17,20H,2-5,12-16H2,1H3,(H,33,34)(H,28,29,32). The summed E-state index contributed by atoms with van der Waals surface area (Å²) in [6.45, 7) is 2.30. The third-order valence-electron chi connectivity index (χ3n) is 7.45. The largest absolute Gasteiger partial charge is 0.477 e. The van der Waals surface area contributed by atoms with Crippen LogP contribution in [0.5, 0.6) is 0 Å². The Morgan fingerprint density at radius 1 is 1.05 bits per heavy atom. The van der Waals surface area contributed by atoms with Gasteiger partial charge in [0.25, 0.3) is 0 Å². The molecular weight excluding hydrogens is 526 g/mol. The Balaban J connectivity index is 1.37. The van der Waals surface area contributed by atoms with Crippen LogP contribution in [0.25, 0.3) is 10.3 Å². The van der Waals surface area contributed by atoms with Crippen molar-refractivity contribution < 1.29 is 23.1 Å². The highest BCUT2D eigenvalue weighted by Crippen LogP contribution is 2.36. The van der Waals surface area contributed by atoms with Gasteiger partial charge in [0.1, 0.15) is 16.0 Å². The number of aromatic carboxylic acids is 1. The zero-order valence-electron chi connectivity index (χ0n) is 21.2. The van der Waals surface area contributed by atoms with Crippen LogP contribution < -0.4 is 5.32 Å². The Hall–Kier alpha value is -2.93. The molecule has 5 rings (SSSR count). The van der Waals surface area contributed by atoms with Crippen LogP contribution >= 0.6 is 11.3 Å². The van der Waals surface area contributed by atoms with Gasteiger partial charge in [0, 0.05) is 26.2 Å². The first-order valence-electron chi connectivity index (χ1n) is 12.8. The summed E-state index contributed by atoms with van der Waals surface area (Å²) in [5.74, 6) is -1.38. The molecule has 1 atom stereocenters. The quantitative estimate of drug-likeness (QED) is 0.429. The molecule has 3 aromatic rings. The van der Waals surface area contributed by atoms with E-state index in [9.17, 15) is 23.1 Å². The lowest BCUT2D eigenvalue weighted by molar-refractivity contribution is -0.118. The van der Waals surface area contributed by atoms with Crippen molar-refractivity contribution in [3.8, 4) is 0 Å². The van der Waals surface area contributed by atoms with Crippen LogP contribution in [0.2, 0.25) is 0 Å². The van der Waals surface area contributed by atoms with Crippen molar-refractivity contribution >= 4 is 48.7 Å². The van der Waals surface area contributed by atoms with Crippen LogP contribution in [-0.4, -0.2) is 77.8 Å². The fraction of sp³-hybridized carbons (Fsp3) is 0.462. The van der Waals surface area contributed by atoms with Crippen LogP contribution in [-0.2, 0) is 14.8 Å². The maximum absolute atomic E-state index is 13.5. The van der Waals surface area contributed by atoms with Crippen molar-refractivity contribution in [3.05, 3.63) is 47.7 Å². The average molecular weight is 558 g/mol. The number of aromatic nitrogens is 2. The van der Waals surface area contributed by atoms with Crippen molar-refractivity contribution in [1.29, 1.82) is 0 Å². The fourth-order valence-electron chi connectivity index (χ4n) is 5.21. The number of rotatable bonds is 8. The Labute approximate surface area is 225 Å². The molecule has 0 bridgehead atoms. The first-order valence-corrected chi connectivity index (χ1v) is 15.1. The molecule has 0 radical (unpaired) electrons. The lowest BCUT2D eigenvalue weighted by atomic mass is 9.87. The number of thiazole rings is 1. The Morgan fingerprint density at radius 3 is 2.39 bits per heavy atom. The monoisotopic (exact) mass is 557 g/mol. The molecule has 1 unspecified atom stereocenters. The lowest BCUT2D eigenvalue weighted by Gasteiger charge is -2.31. The number of carboxylic acids is 1. The molecule has 0 spiro atoms. The molecule has 2 fully saturated rings. The Bertz CT molecular complexity index is 1430. The molecule has 1 aliphatic heterocycles. The summed E-state index contributed by atoms with van der Waals surface area (Å²) in [5.41, 5.74) is 1.20. The first kappa shape index (κ1) is 26.7. The third-order valence-corrected chi connectivity index (χ3v) is 10.2. The van der Waals surface area contributed by atoms with E-state index in [1.807, 2.05) is 7.05 Å². The minimum atomic E-state index is -3.59. The topological polar surface area (TPSA) is 133 Å². The van der Waals surface area contributed by atoms with Gasteiger partial charge < -0.3 is 15.3 Å². The molecule has 1 amide bonds. The smallest absolute Gasteiger partial charge is 0.354 e. The predicted molar refractivity (Wildman–Crippen MR) is 145 cm³/mol. The second-order valence-electron chi connectivity index (χ2n) is 10.0. The molecule has 38 heavy (non-hydrogen) atoms. The van der Waals surface area contributed by atoms with E-state index in [0.717, 1.165) is 42.6 Å². The number of fused-ring (bicyclic) bond motifs is 1. The molecule has 3 heterocycles. The van der Waals surface area contributed by atoms with Crippen LogP contribution in [0.1, 0.15) is 54.1 Å². The lowest BCUT2D eigenvalue weighted by Crippen LogP contribution is -2.47. The number of nitrogens with one attached hydrogen (secondary N) is 1. The minimum Gasteiger partial charge on any atom is -0.477 e. The van der Waals surface area contributed by atoms with Gasteiger partial charge in [-0.05, 0) is 49.2 Å². The van der Waals surface area contributed by atoms with E-state index >= 15 is 0 Å². The number of pyridine rings is 1. The molecule has 1 saturated carbocycles. The van der Waals surface area contributed by atoms with Gasteiger partial charge in [-0.3, -0.25) is 4.79 Å². The van der Waals surface area contributed by atoms with Crippen molar-refractivity contribution in [2.45, 2.75) is 42.9 Å². The van der Waals surface area contributed by atoms with Gasteiger partial charge in [-0.25, -0.2) is 23.2 Å². The molecule has 1 aromatic carbocycles. The second-order valence-corrected chi connectivity index (χ2v) is 13.0. The molecule has 2 N–H and O–H groups in total. The summed E-state index contributed by atoms with van der Waals surface area (Å²) in [6.07, 6.45) is 5.11. The Kier molecular flexibility index (Phi) is 7.75. The van der Waals surface area contributed by atoms with E-state index in [0.29, 0.717) is 54.0 Å². The third kappa shape index (κ3) is 5.73. The predicted octanol–water partition coefficient (Wildman–Crippen LogP) is 3.63. The maximum Gasteiger partial charge on any atom is 0.354 e. The zero-order chi connectivity index (χ0) is 26.9. The van der Waals surface area contributed by atoms with E-state index in [2.05, 4.69) is 20.2 Å². The van der Waals surface area contributed by atoms with E-state index in [4.69, 9.17) is 0 Å². The number of benzene rings is 1. The number of sulfonamides is 1. The summed E-state index contributed by atoms with van der Waals surface area (Å²) in [7, 11) is -1.62. The molecule has 2 aliphatic rings.